The minimum absolute atomic E-state index is 0.134. The van der Waals surface area contributed by atoms with E-state index in [2.05, 4.69) is 11.5 Å². The van der Waals surface area contributed by atoms with Crippen LogP contribution in [0.1, 0.15) is 13.3 Å². The molecular weight excluding hydrogens is 136 g/mol. The average Bonchev–Trinajstić information content (AvgIpc) is 2.00. The highest BCUT2D eigenvalue weighted by Crippen LogP contribution is 2.04. The molecule has 0 spiro atoms. The summed E-state index contributed by atoms with van der Waals surface area (Å²) in [6, 6.07) is 0. The Morgan fingerprint density at radius 2 is 2.30 bits per heavy atom. The van der Waals surface area contributed by atoms with Crippen molar-refractivity contribution in [3.63, 3.8) is 0 Å². The van der Waals surface area contributed by atoms with Crippen LogP contribution in [0.3, 0.4) is 0 Å². The summed E-state index contributed by atoms with van der Waals surface area (Å²) in [5, 5.41) is 16.7. The van der Waals surface area contributed by atoms with Gasteiger partial charge in [-0.1, -0.05) is 13.5 Å². The van der Waals surface area contributed by atoms with E-state index in [1.54, 1.807) is 6.92 Å². The molecule has 0 aliphatic rings. The number of aliphatic hydroxyl groups is 1. The number of rotatable bonds is 3. The van der Waals surface area contributed by atoms with E-state index in [1.165, 1.54) is 0 Å². The highest BCUT2D eigenvalue weighted by Gasteiger charge is 2.15. The van der Waals surface area contributed by atoms with Crippen molar-refractivity contribution in [3.8, 4) is 0 Å². The zero-order chi connectivity index (χ0) is 8.15. The van der Waals surface area contributed by atoms with E-state index in [9.17, 15) is 4.79 Å². The van der Waals surface area contributed by atoms with Gasteiger partial charge >= 0.3 is 5.97 Å². The first kappa shape index (κ1) is 9.13. The molecule has 10 heavy (non-hydrogen) atoms. The zero-order valence-electron chi connectivity index (χ0n) is 5.70. The maximum absolute atomic E-state index is 10.4. The molecule has 4 nitrogen and oxygen atoms in total. The quantitative estimate of drug-likeness (QED) is 0.342. The Morgan fingerprint density at radius 3 is 2.60 bits per heavy atom. The summed E-state index contributed by atoms with van der Waals surface area (Å²) in [6.45, 7) is 4.89. The monoisotopic (exact) mass is 146 g/mol. The lowest BCUT2D eigenvalue weighted by Crippen LogP contribution is -2.17. The summed E-state index contributed by atoms with van der Waals surface area (Å²) in [5.41, 5.74) is -0.134. The van der Waals surface area contributed by atoms with Crippen molar-refractivity contribution in [2.45, 2.75) is 19.4 Å². The van der Waals surface area contributed by atoms with Crippen LogP contribution in [0.25, 0.3) is 0 Å². The lowest BCUT2D eigenvalue weighted by Gasteiger charge is -2.06. The van der Waals surface area contributed by atoms with E-state index in [4.69, 9.17) is 10.4 Å². The molecule has 0 bridgehead atoms. The van der Waals surface area contributed by atoms with Crippen molar-refractivity contribution in [1.82, 2.24) is 0 Å². The van der Waals surface area contributed by atoms with Crippen LogP contribution in [0.5, 0.6) is 0 Å². The average molecular weight is 146 g/mol. The van der Waals surface area contributed by atoms with Crippen LogP contribution in [0, 0.1) is 0 Å². The third-order valence-electron chi connectivity index (χ3n) is 1.13. The molecule has 0 rings (SSSR count). The molecule has 58 valence electrons. The topological polar surface area (TPSA) is 66.8 Å². The largest absolute Gasteiger partial charge is 0.388 e. The highest BCUT2D eigenvalue weighted by molar-refractivity contribution is 5.88. The van der Waals surface area contributed by atoms with Crippen molar-refractivity contribution in [2.75, 3.05) is 0 Å². The lowest BCUT2D eigenvalue weighted by atomic mass is 10.1. The van der Waals surface area contributed by atoms with Crippen LogP contribution in [-0.4, -0.2) is 22.4 Å². The molecule has 0 heterocycles. The van der Waals surface area contributed by atoms with Gasteiger partial charge in [0, 0.05) is 0 Å². The first-order valence-corrected chi connectivity index (χ1v) is 2.86. The summed E-state index contributed by atoms with van der Waals surface area (Å²) in [5.74, 6) is -0.991. The maximum Gasteiger partial charge on any atom is 0.370 e. The minimum atomic E-state index is -0.991. The molecule has 0 aliphatic carbocycles. The van der Waals surface area contributed by atoms with E-state index in [0.717, 1.165) is 0 Å². The van der Waals surface area contributed by atoms with E-state index < -0.39 is 12.1 Å². The van der Waals surface area contributed by atoms with Crippen LogP contribution in [0.15, 0.2) is 12.2 Å². The Bertz CT molecular complexity index is 141. The van der Waals surface area contributed by atoms with Gasteiger partial charge in [-0.2, -0.15) is 5.26 Å². The number of carbonyl (C=O) groups excluding carboxylic acids is 1. The third-order valence-corrected chi connectivity index (χ3v) is 1.13. The van der Waals surface area contributed by atoms with Gasteiger partial charge in [-0.05, 0) is 6.42 Å². The van der Waals surface area contributed by atoms with Crippen LogP contribution < -0.4 is 0 Å². The normalized spacial score (nSPS) is 12.3. The van der Waals surface area contributed by atoms with E-state index >= 15 is 0 Å². The van der Waals surface area contributed by atoms with Crippen molar-refractivity contribution in [1.29, 1.82) is 0 Å². The number of hydrogen-bond acceptors (Lipinski definition) is 4. The first-order chi connectivity index (χ1) is 4.63. The second-order valence-electron chi connectivity index (χ2n) is 1.83. The van der Waals surface area contributed by atoms with E-state index in [1.807, 2.05) is 0 Å². The van der Waals surface area contributed by atoms with Gasteiger partial charge < -0.3 is 5.11 Å². The van der Waals surface area contributed by atoms with Crippen LogP contribution in [-0.2, 0) is 9.68 Å². The molecule has 1 unspecified atom stereocenters. The van der Waals surface area contributed by atoms with Gasteiger partial charge in [0.1, 0.15) is 0 Å². The van der Waals surface area contributed by atoms with E-state index in [0.29, 0.717) is 6.42 Å². The standard InChI is InChI=1S/C6H10O4/c1-3-5(7)4(2)6(8)10-9/h5,7,9H,2-3H2,1H3. The highest BCUT2D eigenvalue weighted by atomic mass is 17.1. The smallest absolute Gasteiger partial charge is 0.370 e. The molecule has 4 heteroatoms. The summed E-state index contributed by atoms with van der Waals surface area (Å²) < 4.78 is 0. The molecular formula is C6H10O4. The van der Waals surface area contributed by atoms with Gasteiger partial charge in [0.15, 0.2) is 0 Å². The van der Waals surface area contributed by atoms with Crippen molar-refractivity contribution >= 4 is 5.97 Å². The SMILES string of the molecule is C=C(C(=O)OO)C(O)CC. The van der Waals surface area contributed by atoms with Gasteiger partial charge in [-0.25, -0.2) is 4.79 Å². The fourth-order valence-corrected chi connectivity index (χ4v) is 0.441. The predicted molar refractivity (Wildman–Crippen MR) is 34.2 cm³/mol. The summed E-state index contributed by atoms with van der Waals surface area (Å²) in [7, 11) is 0. The summed E-state index contributed by atoms with van der Waals surface area (Å²) >= 11 is 0. The minimum Gasteiger partial charge on any atom is -0.388 e. The van der Waals surface area contributed by atoms with Gasteiger partial charge in [-0.15, -0.1) is 0 Å². The Labute approximate surface area is 58.7 Å². The second kappa shape index (κ2) is 4.03. The Balaban J connectivity index is 3.95. The predicted octanol–water partition coefficient (Wildman–Crippen LogP) is 0.330. The number of carbonyl (C=O) groups is 1. The molecule has 0 aliphatic heterocycles. The van der Waals surface area contributed by atoms with E-state index in [-0.39, 0.29) is 5.57 Å². The Hall–Kier alpha value is -0.870. The van der Waals surface area contributed by atoms with Gasteiger partial charge in [0.05, 0.1) is 11.7 Å². The molecule has 0 radical (unpaired) electrons. The van der Waals surface area contributed by atoms with Gasteiger partial charge in [0.25, 0.3) is 0 Å². The molecule has 0 fully saturated rings. The molecule has 2 N–H and O–H groups in total. The van der Waals surface area contributed by atoms with Crippen molar-refractivity contribution < 1.29 is 20.0 Å². The second-order valence-corrected chi connectivity index (χ2v) is 1.83. The zero-order valence-corrected chi connectivity index (χ0v) is 5.70. The third kappa shape index (κ3) is 2.16. The molecule has 0 amide bonds. The fraction of sp³-hybridized carbons (Fsp3) is 0.500. The molecule has 0 aromatic carbocycles. The summed E-state index contributed by atoms with van der Waals surface area (Å²) in [4.78, 5) is 13.7. The van der Waals surface area contributed by atoms with Crippen molar-refractivity contribution in [3.05, 3.63) is 12.2 Å². The lowest BCUT2D eigenvalue weighted by molar-refractivity contribution is -0.230. The van der Waals surface area contributed by atoms with Gasteiger partial charge in [-0.3, -0.25) is 4.89 Å². The molecule has 0 saturated heterocycles. The summed E-state index contributed by atoms with van der Waals surface area (Å²) in [6.07, 6.45) is -0.562. The first-order valence-electron chi connectivity index (χ1n) is 2.86. The van der Waals surface area contributed by atoms with Crippen molar-refractivity contribution in [2.24, 2.45) is 0 Å². The number of hydrogen-bond donors (Lipinski definition) is 2. The molecule has 1 atom stereocenters. The van der Waals surface area contributed by atoms with Crippen LogP contribution in [0.2, 0.25) is 0 Å². The van der Waals surface area contributed by atoms with Crippen LogP contribution in [0.4, 0.5) is 0 Å². The van der Waals surface area contributed by atoms with Crippen LogP contribution >= 0.6 is 0 Å². The fourth-order valence-electron chi connectivity index (χ4n) is 0.441. The molecule has 0 aromatic heterocycles. The molecule has 0 aromatic rings. The van der Waals surface area contributed by atoms with Gasteiger partial charge in [0.2, 0.25) is 0 Å². The number of aliphatic hydroxyl groups excluding tert-OH is 1. The maximum atomic E-state index is 10.4. The molecule has 0 saturated carbocycles. The Morgan fingerprint density at radius 1 is 1.80 bits per heavy atom. The Kier molecular flexibility index (Phi) is 3.68.